The Hall–Kier alpha value is -2.48. The van der Waals surface area contributed by atoms with Crippen LogP contribution in [0.15, 0.2) is 109 Å². The van der Waals surface area contributed by atoms with E-state index in [1.54, 1.807) is 6.07 Å². The van der Waals surface area contributed by atoms with E-state index in [0.717, 1.165) is 15.9 Å². The molecule has 0 saturated heterocycles. The van der Waals surface area contributed by atoms with Crippen molar-refractivity contribution in [2.75, 3.05) is 12.2 Å². The van der Waals surface area contributed by atoms with Gasteiger partial charge in [-0.25, -0.2) is 0 Å². The van der Waals surface area contributed by atoms with Gasteiger partial charge in [-0.15, -0.1) is 0 Å². The van der Waals surface area contributed by atoms with Gasteiger partial charge in [-0.1, -0.05) is 0 Å². The van der Waals surface area contributed by atoms with Gasteiger partial charge in [0.25, 0.3) is 0 Å². The first-order valence-electron chi connectivity index (χ1n) is 9.76. The number of halogens is 2. The fraction of sp³-hybridized carbons (Fsp3) is 0.0769. The third-order valence-electron chi connectivity index (χ3n) is 5.91. The third-order valence-corrected chi connectivity index (χ3v) is 15.1. The maximum atomic E-state index is 16.1. The second-order valence-electron chi connectivity index (χ2n) is 7.22. The van der Waals surface area contributed by atoms with Crippen molar-refractivity contribution in [2.45, 2.75) is 0 Å². The second-order valence-corrected chi connectivity index (χ2v) is 13.6. The van der Waals surface area contributed by atoms with E-state index in [1.165, 1.54) is 7.11 Å². The van der Waals surface area contributed by atoms with Crippen LogP contribution < -0.4 is 26.0 Å². The molecule has 0 atom stereocenters. The molecule has 4 rings (SSSR count). The summed E-state index contributed by atoms with van der Waals surface area (Å²) in [6.07, 6.45) is 0. The summed E-state index contributed by atoms with van der Waals surface area (Å²) in [6, 6.07) is 36.4. The van der Waals surface area contributed by atoms with E-state index in [-0.39, 0.29) is 11.6 Å². The molecule has 0 fully saturated rings. The molecule has 0 aliphatic rings. The summed E-state index contributed by atoms with van der Waals surface area (Å²) in [7, 11) is 1.51. The molecule has 0 spiro atoms. The molecule has 4 heteroatoms. The van der Waals surface area contributed by atoms with Gasteiger partial charge in [0.2, 0.25) is 0 Å². The molecule has 30 heavy (non-hydrogen) atoms. The maximum absolute atomic E-state index is 16.1. The van der Waals surface area contributed by atoms with Crippen LogP contribution in [0.5, 0.6) is 5.75 Å². The van der Waals surface area contributed by atoms with E-state index in [4.69, 9.17) is 4.74 Å². The number of benzene rings is 4. The van der Waals surface area contributed by atoms with Crippen molar-refractivity contribution in [1.29, 1.82) is 0 Å². The molecule has 0 amide bonds. The molecular formula is C26H23BrFOP. The molecule has 0 radical (unpaired) electrons. The number of rotatable bonds is 6. The monoisotopic (exact) mass is 480 g/mol. The van der Waals surface area contributed by atoms with Crippen molar-refractivity contribution >= 4 is 43.8 Å². The van der Waals surface area contributed by atoms with Crippen molar-refractivity contribution in [3.8, 4) is 5.75 Å². The molecular weight excluding hydrogens is 458 g/mol. The first-order chi connectivity index (χ1) is 14.7. The van der Waals surface area contributed by atoms with Gasteiger partial charge in [-0.3, -0.25) is 0 Å². The Bertz CT molecular complexity index is 1030. The van der Waals surface area contributed by atoms with Crippen LogP contribution in [0.3, 0.4) is 0 Å². The van der Waals surface area contributed by atoms with E-state index in [1.807, 2.05) is 66.7 Å². The van der Waals surface area contributed by atoms with Gasteiger partial charge in [0.05, 0.1) is 0 Å². The van der Waals surface area contributed by atoms with Crippen molar-refractivity contribution in [3.63, 3.8) is 0 Å². The molecule has 0 aliphatic heterocycles. The molecule has 1 nitrogen and oxygen atoms in total. The average molecular weight is 481 g/mol. The Morgan fingerprint density at radius 1 is 0.667 bits per heavy atom. The number of methoxy groups -OCH3 is 1. The van der Waals surface area contributed by atoms with Gasteiger partial charge in [-0.2, -0.15) is 0 Å². The van der Waals surface area contributed by atoms with Gasteiger partial charge in [0.15, 0.2) is 0 Å². The Balaban J connectivity index is 2.31. The van der Waals surface area contributed by atoms with E-state index >= 15 is 4.39 Å². The van der Waals surface area contributed by atoms with E-state index < -0.39 is 6.60 Å². The van der Waals surface area contributed by atoms with Gasteiger partial charge < -0.3 is 0 Å². The van der Waals surface area contributed by atoms with Crippen molar-refractivity contribution in [3.05, 3.63) is 115 Å². The molecule has 0 saturated carbocycles. The quantitative estimate of drug-likeness (QED) is 0.267. The summed E-state index contributed by atoms with van der Waals surface area (Å²) in [5.74, 6) is -0.0566. The molecule has 0 bridgehead atoms. The minimum atomic E-state index is -3.48. The van der Waals surface area contributed by atoms with E-state index in [9.17, 15) is 0 Å². The van der Waals surface area contributed by atoms with Crippen molar-refractivity contribution in [2.24, 2.45) is 0 Å². The molecule has 152 valence electrons. The van der Waals surface area contributed by atoms with E-state index in [0.29, 0.717) is 10.4 Å². The predicted molar refractivity (Wildman–Crippen MR) is 132 cm³/mol. The Morgan fingerprint density at radius 2 is 1.10 bits per heavy atom. The Labute approximate surface area is 185 Å². The molecule has 0 aliphatic carbocycles. The molecule has 0 heterocycles. The van der Waals surface area contributed by atoms with Crippen LogP contribution in [-0.2, 0) is 0 Å². The topological polar surface area (TPSA) is 9.23 Å². The molecule has 0 aromatic heterocycles. The van der Waals surface area contributed by atoms with Crippen LogP contribution in [0.4, 0.5) is 4.39 Å². The fourth-order valence-electron chi connectivity index (χ4n) is 4.44. The summed E-state index contributed by atoms with van der Waals surface area (Å²) >= 11 is 3.91. The SMILES string of the molecule is COc1cccc(P(CBr)(c2ccccc2)(c2ccccc2)c2ccccc2)c1F. The van der Waals surface area contributed by atoms with Crippen LogP contribution in [0.2, 0.25) is 0 Å². The van der Waals surface area contributed by atoms with Gasteiger partial charge in [0, 0.05) is 0 Å². The second kappa shape index (κ2) is 8.34. The van der Waals surface area contributed by atoms with Crippen LogP contribution in [-0.4, -0.2) is 12.2 Å². The van der Waals surface area contributed by atoms with Crippen LogP contribution in [0, 0.1) is 5.82 Å². The average Bonchev–Trinajstić information content (AvgIpc) is 2.83. The molecule has 0 unspecified atom stereocenters. The zero-order valence-corrected chi connectivity index (χ0v) is 19.2. The Kier molecular flexibility index (Phi) is 5.77. The number of alkyl halides is 1. The summed E-state index contributed by atoms with van der Waals surface area (Å²) in [5.41, 5.74) is 0. The third kappa shape index (κ3) is 2.84. The van der Waals surface area contributed by atoms with Gasteiger partial charge in [0.1, 0.15) is 0 Å². The van der Waals surface area contributed by atoms with Crippen LogP contribution in [0.1, 0.15) is 0 Å². The van der Waals surface area contributed by atoms with Crippen molar-refractivity contribution in [1.82, 2.24) is 0 Å². The summed E-state index contributed by atoms with van der Waals surface area (Å²) < 4.78 is 21.6. The van der Waals surface area contributed by atoms with Crippen molar-refractivity contribution < 1.29 is 9.13 Å². The van der Waals surface area contributed by atoms with Crippen LogP contribution in [0.25, 0.3) is 0 Å². The zero-order chi connectivity index (χ0) is 21.1. The summed E-state index contributed by atoms with van der Waals surface area (Å²) in [5, 5.41) is 4.54. The van der Waals surface area contributed by atoms with E-state index in [2.05, 4.69) is 52.3 Å². The standard InChI is InChI=1S/C26H23BrFOP/c1-29-24-18-11-19-25(26(24)28)30(20-27,21-12-5-2-6-13-21,22-14-7-3-8-15-22)23-16-9-4-10-17-23/h2-19H,20H2,1H3. The van der Waals surface area contributed by atoms with Gasteiger partial charge >= 0.3 is 186 Å². The fourth-order valence-corrected chi connectivity index (χ4v) is 13.6. The number of ether oxygens (including phenoxy) is 1. The number of hydrogen-bond acceptors (Lipinski definition) is 1. The minimum absolute atomic E-state index is 0.255. The molecule has 4 aromatic carbocycles. The molecule has 4 aromatic rings. The zero-order valence-electron chi connectivity index (χ0n) is 16.7. The summed E-state index contributed by atoms with van der Waals surface area (Å²) in [4.78, 5) is 0. The summed E-state index contributed by atoms with van der Waals surface area (Å²) in [6.45, 7) is -3.48. The first-order valence-corrected chi connectivity index (χ1v) is 13.3. The van der Waals surface area contributed by atoms with Crippen LogP contribution >= 0.6 is 22.5 Å². The normalized spacial score (nSPS) is 12.7. The number of hydrogen-bond donors (Lipinski definition) is 0. The van der Waals surface area contributed by atoms with Gasteiger partial charge in [-0.05, 0) is 0 Å². The predicted octanol–water partition coefficient (Wildman–Crippen LogP) is 5.34. The molecule has 0 N–H and O–H groups in total. The first kappa shape index (κ1) is 20.8. The Morgan fingerprint density at radius 3 is 1.47 bits per heavy atom.